The maximum absolute atomic E-state index is 5.74. The van der Waals surface area contributed by atoms with Gasteiger partial charge in [0.05, 0.1) is 27.8 Å². The van der Waals surface area contributed by atoms with Gasteiger partial charge in [0.2, 0.25) is 0 Å². The molecule has 5 nitrogen and oxygen atoms in total. The third-order valence-corrected chi connectivity index (χ3v) is 16.3. The summed E-state index contributed by atoms with van der Waals surface area (Å²) in [5, 5.41) is 12.0. The number of nitrogens with zero attached hydrogens (tertiary/aromatic N) is 5. The maximum Gasteiger partial charge on any atom is 0.166 e. The normalized spacial score (nSPS) is 12.4. The van der Waals surface area contributed by atoms with E-state index in [9.17, 15) is 0 Å². The highest BCUT2D eigenvalue weighted by Crippen LogP contribution is 2.47. The Hall–Kier alpha value is -9.23. The summed E-state index contributed by atoms with van der Waals surface area (Å²) in [4.78, 5) is 17.0. The molecule has 1 aliphatic carbocycles. The number of aromatic nitrogens is 5. The summed E-state index contributed by atoms with van der Waals surface area (Å²) in [6.45, 7) is 0. The van der Waals surface area contributed by atoms with Crippen LogP contribution >= 0.6 is 11.3 Å². The third kappa shape index (κ3) is 5.78. The molecule has 4 aromatic heterocycles. The van der Waals surface area contributed by atoms with Crippen LogP contribution in [0.15, 0.2) is 224 Å². The summed E-state index contributed by atoms with van der Waals surface area (Å²) in [6.07, 6.45) is 0.823. The molecule has 0 saturated carbocycles. The van der Waals surface area contributed by atoms with Gasteiger partial charge in [-0.3, -0.25) is 0 Å². The van der Waals surface area contributed by atoms with Crippen LogP contribution in [-0.2, 0) is 6.42 Å². The first-order chi connectivity index (χ1) is 35.7. The first-order valence-corrected chi connectivity index (χ1v) is 25.4. The molecule has 0 bridgehead atoms. The average Bonchev–Trinajstić information content (AvgIpc) is 4.19. The summed E-state index contributed by atoms with van der Waals surface area (Å²) >= 11 is 1.80. The van der Waals surface area contributed by atoms with Gasteiger partial charge >= 0.3 is 0 Å². The molecule has 15 aromatic rings. The van der Waals surface area contributed by atoms with Crippen molar-refractivity contribution in [1.82, 2.24) is 24.1 Å². The quantitative estimate of drug-likeness (QED) is 0.173. The van der Waals surface area contributed by atoms with Crippen molar-refractivity contribution >= 4 is 96.7 Å². The summed E-state index contributed by atoms with van der Waals surface area (Å²) in [5.41, 5.74) is 14.5. The SMILES string of the molecule is c1ccc(-n2c3ccccc3c3cccc(-c4nc(-c5cc6c(cc5-n5c7cc8ccccc8cc7c7cc8ccccc8cc75)-c5ccccc5C6)nc(-c5cccc6c5sc5ccccc56)n4)c32)cc1. The van der Waals surface area contributed by atoms with Crippen molar-refractivity contribution in [3.63, 3.8) is 0 Å². The van der Waals surface area contributed by atoms with Gasteiger partial charge in [0, 0.05) is 64.1 Å². The largest absolute Gasteiger partial charge is 0.309 e. The molecular formula is C66H39N5S. The first-order valence-electron chi connectivity index (χ1n) is 24.5. The molecule has 1 aliphatic rings. The lowest BCUT2D eigenvalue weighted by molar-refractivity contribution is 1.06. The van der Waals surface area contributed by atoms with Crippen LogP contribution in [0.5, 0.6) is 0 Å². The second kappa shape index (κ2) is 15.1. The van der Waals surface area contributed by atoms with Crippen molar-refractivity contribution in [3.8, 4) is 56.7 Å². The molecule has 16 rings (SSSR count). The van der Waals surface area contributed by atoms with Crippen LogP contribution < -0.4 is 0 Å². The Morgan fingerprint density at radius 2 is 0.889 bits per heavy atom. The van der Waals surface area contributed by atoms with Gasteiger partial charge in [0.15, 0.2) is 17.5 Å². The molecule has 6 heteroatoms. The van der Waals surface area contributed by atoms with Gasteiger partial charge in [0.1, 0.15) is 0 Å². The van der Waals surface area contributed by atoms with E-state index in [2.05, 4.69) is 234 Å². The minimum Gasteiger partial charge on any atom is -0.309 e. The van der Waals surface area contributed by atoms with Crippen molar-refractivity contribution in [1.29, 1.82) is 0 Å². The lowest BCUT2D eigenvalue weighted by Crippen LogP contribution is -2.05. The number of thiophene rings is 1. The molecule has 0 unspecified atom stereocenters. The van der Waals surface area contributed by atoms with Gasteiger partial charge in [-0.15, -0.1) is 11.3 Å². The highest BCUT2D eigenvalue weighted by Gasteiger charge is 2.28. The van der Waals surface area contributed by atoms with E-state index in [1.165, 1.54) is 75.4 Å². The molecule has 0 aliphatic heterocycles. The molecule has 0 radical (unpaired) electrons. The smallest absolute Gasteiger partial charge is 0.166 e. The number of para-hydroxylation sites is 3. The van der Waals surface area contributed by atoms with Crippen LogP contribution in [-0.4, -0.2) is 24.1 Å². The molecule has 0 atom stereocenters. The topological polar surface area (TPSA) is 48.5 Å². The van der Waals surface area contributed by atoms with E-state index < -0.39 is 0 Å². The van der Waals surface area contributed by atoms with Gasteiger partial charge in [-0.05, 0) is 123 Å². The first kappa shape index (κ1) is 39.6. The maximum atomic E-state index is 5.74. The fourth-order valence-electron chi connectivity index (χ4n) is 11.9. The van der Waals surface area contributed by atoms with Crippen LogP contribution in [0.2, 0.25) is 0 Å². The minimum absolute atomic E-state index is 0.618. The third-order valence-electron chi connectivity index (χ3n) is 15.1. The fourth-order valence-corrected chi connectivity index (χ4v) is 13.1. The average molecular weight is 934 g/mol. The molecule has 0 N–H and O–H groups in total. The number of hydrogen-bond donors (Lipinski definition) is 0. The molecule has 0 spiro atoms. The monoisotopic (exact) mass is 933 g/mol. The van der Waals surface area contributed by atoms with E-state index in [0.29, 0.717) is 17.5 Å². The Morgan fingerprint density at radius 3 is 1.64 bits per heavy atom. The van der Waals surface area contributed by atoms with Crippen molar-refractivity contribution in [2.24, 2.45) is 0 Å². The molecule has 11 aromatic carbocycles. The molecule has 0 saturated heterocycles. The van der Waals surface area contributed by atoms with E-state index in [1.54, 1.807) is 11.3 Å². The van der Waals surface area contributed by atoms with Crippen molar-refractivity contribution < 1.29 is 0 Å². The van der Waals surface area contributed by atoms with Crippen LogP contribution in [0.1, 0.15) is 11.1 Å². The van der Waals surface area contributed by atoms with E-state index in [4.69, 9.17) is 15.0 Å². The zero-order valence-electron chi connectivity index (χ0n) is 38.7. The number of rotatable bonds is 5. The van der Waals surface area contributed by atoms with Crippen LogP contribution in [0.3, 0.4) is 0 Å². The number of benzene rings is 11. The lowest BCUT2D eigenvalue weighted by Gasteiger charge is -2.18. The summed E-state index contributed by atoms with van der Waals surface area (Å²) in [7, 11) is 0. The molecular weight excluding hydrogens is 895 g/mol. The Labute approximate surface area is 417 Å². The van der Waals surface area contributed by atoms with E-state index in [1.807, 2.05) is 0 Å². The van der Waals surface area contributed by atoms with Gasteiger partial charge in [-0.1, -0.05) is 152 Å². The van der Waals surface area contributed by atoms with Gasteiger partial charge < -0.3 is 9.13 Å². The van der Waals surface area contributed by atoms with E-state index in [0.717, 1.165) is 66.6 Å². The Balaban J connectivity index is 1.05. The molecule has 4 heterocycles. The fraction of sp³-hybridized carbons (Fsp3) is 0.0152. The highest BCUT2D eigenvalue weighted by atomic mass is 32.1. The zero-order chi connectivity index (χ0) is 47.0. The highest BCUT2D eigenvalue weighted by molar-refractivity contribution is 7.26. The Morgan fingerprint density at radius 1 is 0.333 bits per heavy atom. The Kier molecular flexibility index (Phi) is 8.32. The van der Waals surface area contributed by atoms with Crippen LogP contribution in [0.25, 0.3) is 142 Å². The number of hydrogen-bond acceptors (Lipinski definition) is 4. The summed E-state index contributed by atoms with van der Waals surface area (Å²) in [5.74, 6) is 1.88. The van der Waals surface area contributed by atoms with Crippen molar-refractivity contribution in [2.75, 3.05) is 0 Å². The zero-order valence-corrected chi connectivity index (χ0v) is 39.5. The van der Waals surface area contributed by atoms with E-state index >= 15 is 0 Å². The van der Waals surface area contributed by atoms with E-state index in [-0.39, 0.29) is 0 Å². The minimum atomic E-state index is 0.618. The van der Waals surface area contributed by atoms with Gasteiger partial charge in [0.25, 0.3) is 0 Å². The van der Waals surface area contributed by atoms with Crippen LogP contribution in [0.4, 0.5) is 0 Å². The van der Waals surface area contributed by atoms with Gasteiger partial charge in [-0.2, -0.15) is 0 Å². The lowest BCUT2D eigenvalue weighted by atomic mass is 10.00. The molecule has 334 valence electrons. The molecule has 72 heavy (non-hydrogen) atoms. The van der Waals surface area contributed by atoms with Crippen LogP contribution in [0, 0.1) is 0 Å². The number of fused-ring (bicyclic) bond motifs is 14. The summed E-state index contributed by atoms with van der Waals surface area (Å²) < 4.78 is 7.26. The standard InChI is InChI=1S/C66H39N5S/c1-2-21-45(22-3-1)70-57-30-12-10-24-47(57)49-26-14-28-51(62(49)70)64-67-65(52-29-15-27-50-48-25-11-13-31-61(48)72-63(50)52)69-66(68-64)56-35-44-32-43-20-8-9-23-46(43)53(44)38-60(56)71-58-36-41-18-6-4-16-39(41)33-54(58)55-34-40-17-5-7-19-42(40)37-59(55)71/h1-31,33-38H,32H2. The second-order valence-electron chi connectivity index (χ2n) is 19.1. The van der Waals surface area contributed by atoms with Crippen molar-refractivity contribution in [2.45, 2.75) is 6.42 Å². The predicted molar refractivity (Wildman–Crippen MR) is 301 cm³/mol. The Bertz CT molecular complexity index is 4690. The van der Waals surface area contributed by atoms with Gasteiger partial charge in [-0.25, -0.2) is 15.0 Å². The summed E-state index contributed by atoms with van der Waals surface area (Å²) in [6, 6.07) is 81.7. The predicted octanol–water partition coefficient (Wildman–Crippen LogP) is 17.3. The van der Waals surface area contributed by atoms with Crippen molar-refractivity contribution in [3.05, 3.63) is 236 Å². The second-order valence-corrected chi connectivity index (χ2v) is 20.2. The molecule has 0 amide bonds. The molecule has 0 fully saturated rings.